The third-order valence-corrected chi connectivity index (χ3v) is 3.77. The molecule has 2 unspecified atom stereocenters. The summed E-state index contributed by atoms with van der Waals surface area (Å²) in [6.07, 6.45) is 4.31. The quantitative estimate of drug-likeness (QED) is 0.802. The topological polar surface area (TPSA) is 75.3 Å². The van der Waals surface area contributed by atoms with Crippen LogP contribution in [0.1, 0.15) is 41.6 Å². The van der Waals surface area contributed by atoms with Crippen LogP contribution in [0.3, 0.4) is 0 Å². The zero-order valence-corrected chi connectivity index (χ0v) is 12.6. The lowest BCUT2D eigenvalue weighted by Gasteiger charge is -2.26. The number of hydrogen-bond acceptors (Lipinski definition) is 3. The van der Waals surface area contributed by atoms with Gasteiger partial charge in [0, 0.05) is 12.6 Å². The molecule has 0 radical (unpaired) electrons. The first-order valence-corrected chi connectivity index (χ1v) is 6.89. The van der Waals surface area contributed by atoms with Crippen LogP contribution in [0.2, 0.25) is 0 Å². The fraction of sp³-hybridized carbons (Fsp3) is 0.533. The van der Waals surface area contributed by atoms with Gasteiger partial charge in [-0.1, -0.05) is 18.1 Å². The molecule has 112 valence electrons. The van der Waals surface area contributed by atoms with Crippen molar-refractivity contribution in [1.29, 1.82) is 0 Å². The second-order valence-electron chi connectivity index (χ2n) is 5.52. The predicted octanol–water partition coefficient (Wildman–Crippen LogP) is 2.37. The highest BCUT2D eigenvalue weighted by molar-refractivity contribution is 5.96. The number of benzene rings is 1. The summed E-state index contributed by atoms with van der Waals surface area (Å²) in [4.78, 5) is 12.0. The molecule has 2 atom stereocenters. The van der Waals surface area contributed by atoms with Gasteiger partial charge in [-0.05, 0) is 44.2 Å². The SMILES string of the molecule is Cc1ccc(O)c(C(=O)NCC2CCCC(N)C2)c1.Cl. The van der Waals surface area contributed by atoms with Crippen molar-refractivity contribution >= 4 is 18.3 Å². The van der Waals surface area contributed by atoms with E-state index >= 15 is 0 Å². The Morgan fingerprint density at radius 2 is 2.20 bits per heavy atom. The third-order valence-electron chi connectivity index (χ3n) is 3.77. The van der Waals surface area contributed by atoms with E-state index in [-0.39, 0.29) is 30.1 Å². The van der Waals surface area contributed by atoms with Gasteiger partial charge in [0.2, 0.25) is 0 Å². The van der Waals surface area contributed by atoms with Gasteiger partial charge in [0.15, 0.2) is 0 Å². The summed E-state index contributed by atoms with van der Waals surface area (Å²) in [5.74, 6) is 0.281. The molecule has 4 N–H and O–H groups in total. The first-order valence-electron chi connectivity index (χ1n) is 6.89. The van der Waals surface area contributed by atoms with Crippen LogP contribution in [-0.2, 0) is 0 Å². The number of halogens is 1. The number of aromatic hydroxyl groups is 1. The summed E-state index contributed by atoms with van der Waals surface area (Å²) in [6, 6.07) is 5.31. The van der Waals surface area contributed by atoms with Crippen molar-refractivity contribution < 1.29 is 9.90 Å². The number of rotatable bonds is 3. The van der Waals surface area contributed by atoms with Gasteiger partial charge in [-0.25, -0.2) is 0 Å². The maximum absolute atomic E-state index is 12.0. The highest BCUT2D eigenvalue weighted by Gasteiger charge is 2.20. The highest BCUT2D eigenvalue weighted by Crippen LogP contribution is 2.23. The van der Waals surface area contributed by atoms with Crippen molar-refractivity contribution in [3.8, 4) is 5.75 Å². The monoisotopic (exact) mass is 298 g/mol. The van der Waals surface area contributed by atoms with Gasteiger partial charge in [0.05, 0.1) is 5.56 Å². The molecule has 20 heavy (non-hydrogen) atoms. The van der Waals surface area contributed by atoms with E-state index in [1.54, 1.807) is 18.2 Å². The summed E-state index contributed by atoms with van der Waals surface area (Å²) < 4.78 is 0. The van der Waals surface area contributed by atoms with Crippen LogP contribution in [0.25, 0.3) is 0 Å². The summed E-state index contributed by atoms with van der Waals surface area (Å²) >= 11 is 0. The average Bonchev–Trinajstić information content (AvgIpc) is 2.39. The Morgan fingerprint density at radius 1 is 1.45 bits per heavy atom. The largest absolute Gasteiger partial charge is 0.507 e. The summed E-state index contributed by atoms with van der Waals surface area (Å²) in [7, 11) is 0. The maximum Gasteiger partial charge on any atom is 0.255 e. The van der Waals surface area contributed by atoms with Crippen LogP contribution in [-0.4, -0.2) is 23.6 Å². The van der Waals surface area contributed by atoms with E-state index < -0.39 is 0 Å². The first-order chi connectivity index (χ1) is 9.06. The van der Waals surface area contributed by atoms with Gasteiger partial charge < -0.3 is 16.2 Å². The Balaban J connectivity index is 0.00000200. The Bertz CT molecular complexity index is 465. The van der Waals surface area contributed by atoms with Gasteiger partial charge in [-0.2, -0.15) is 0 Å². The molecule has 0 spiro atoms. The molecule has 1 fully saturated rings. The van der Waals surface area contributed by atoms with E-state index in [2.05, 4.69) is 5.32 Å². The molecule has 0 aliphatic heterocycles. The molecular formula is C15H23ClN2O2. The molecule has 5 heteroatoms. The van der Waals surface area contributed by atoms with Crippen LogP contribution >= 0.6 is 12.4 Å². The van der Waals surface area contributed by atoms with Crippen LogP contribution < -0.4 is 11.1 Å². The van der Waals surface area contributed by atoms with Crippen molar-refractivity contribution in [2.24, 2.45) is 11.7 Å². The van der Waals surface area contributed by atoms with Gasteiger partial charge in [-0.15, -0.1) is 12.4 Å². The van der Waals surface area contributed by atoms with Gasteiger partial charge in [0.25, 0.3) is 5.91 Å². The Kier molecular flexibility index (Phi) is 6.30. The molecule has 1 saturated carbocycles. The number of nitrogens with two attached hydrogens (primary N) is 1. The van der Waals surface area contributed by atoms with Crippen molar-refractivity contribution in [1.82, 2.24) is 5.32 Å². The van der Waals surface area contributed by atoms with E-state index in [4.69, 9.17) is 5.73 Å². The molecule has 1 amide bonds. The lowest BCUT2D eigenvalue weighted by atomic mass is 9.86. The molecule has 1 aromatic carbocycles. The highest BCUT2D eigenvalue weighted by atomic mass is 35.5. The summed E-state index contributed by atoms with van der Waals surface area (Å²) in [6.45, 7) is 2.54. The predicted molar refractivity (Wildman–Crippen MR) is 82.4 cm³/mol. The van der Waals surface area contributed by atoms with Crippen molar-refractivity contribution in [3.05, 3.63) is 29.3 Å². The lowest BCUT2D eigenvalue weighted by molar-refractivity contribution is 0.0939. The van der Waals surface area contributed by atoms with E-state index in [0.717, 1.165) is 31.2 Å². The Labute approximate surface area is 126 Å². The minimum atomic E-state index is -0.208. The number of aryl methyl sites for hydroxylation is 1. The average molecular weight is 299 g/mol. The molecule has 1 aliphatic carbocycles. The molecule has 4 nitrogen and oxygen atoms in total. The number of nitrogens with one attached hydrogen (secondary N) is 1. The molecule has 0 aromatic heterocycles. The zero-order chi connectivity index (χ0) is 13.8. The fourth-order valence-corrected chi connectivity index (χ4v) is 2.68. The minimum absolute atomic E-state index is 0. The number of amides is 1. The first kappa shape index (κ1) is 16.8. The third kappa shape index (κ3) is 4.39. The maximum atomic E-state index is 12.0. The van der Waals surface area contributed by atoms with Crippen molar-refractivity contribution in [2.45, 2.75) is 38.6 Å². The molecule has 0 saturated heterocycles. The van der Waals surface area contributed by atoms with E-state index in [9.17, 15) is 9.90 Å². The van der Waals surface area contributed by atoms with Crippen LogP contribution in [0, 0.1) is 12.8 Å². The Morgan fingerprint density at radius 3 is 2.90 bits per heavy atom. The van der Waals surface area contributed by atoms with Gasteiger partial charge in [-0.3, -0.25) is 4.79 Å². The van der Waals surface area contributed by atoms with Crippen LogP contribution in [0.4, 0.5) is 0 Å². The minimum Gasteiger partial charge on any atom is -0.507 e. The van der Waals surface area contributed by atoms with Gasteiger partial charge >= 0.3 is 0 Å². The molecule has 1 aromatic rings. The van der Waals surface area contributed by atoms with Gasteiger partial charge in [0.1, 0.15) is 5.75 Å². The fourth-order valence-electron chi connectivity index (χ4n) is 2.68. The van der Waals surface area contributed by atoms with Crippen molar-refractivity contribution in [3.63, 3.8) is 0 Å². The molecule has 0 heterocycles. The molecular weight excluding hydrogens is 276 g/mol. The van der Waals surface area contributed by atoms with E-state index in [0.29, 0.717) is 18.0 Å². The van der Waals surface area contributed by atoms with Crippen molar-refractivity contribution in [2.75, 3.05) is 6.54 Å². The number of phenols is 1. The number of carbonyl (C=O) groups excluding carboxylic acids is 1. The number of hydrogen-bond donors (Lipinski definition) is 3. The molecule has 1 aliphatic rings. The van der Waals surface area contributed by atoms with Crippen LogP contribution in [0.5, 0.6) is 5.75 Å². The smallest absolute Gasteiger partial charge is 0.255 e. The second kappa shape index (κ2) is 7.50. The van der Waals surface area contributed by atoms with Crippen LogP contribution in [0.15, 0.2) is 18.2 Å². The lowest BCUT2D eigenvalue weighted by Crippen LogP contribution is -2.35. The standard InChI is InChI=1S/C15H22N2O2.ClH/c1-10-5-6-14(18)13(7-10)15(19)17-9-11-3-2-4-12(16)8-11;/h5-7,11-12,18H,2-4,8-9,16H2,1H3,(H,17,19);1H. The Hall–Kier alpha value is -1.26. The summed E-state index contributed by atoms with van der Waals surface area (Å²) in [5.41, 5.74) is 7.24. The normalized spacial score (nSPS) is 21.9. The number of phenolic OH excluding ortho intramolecular Hbond substituents is 1. The summed E-state index contributed by atoms with van der Waals surface area (Å²) in [5, 5.41) is 12.6. The van der Waals surface area contributed by atoms with E-state index in [1.165, 1.54) is 0 Å². The zero-order valence-electron chi connectivity index (χ0n) is 11.8. The number of carbonyl (C=O) groups is 1. The van der Waals surface area contributed by atoms with E-state index in [1.807, 2.05) is 6.92 Å². The second-order valence-corrected chi connectivity index (χ2v) is 5.52. The molecule has 2 rings (SSSR count). The molecule has 0 bridgehead atoms.